The van der Waals surface area contributed by atoms with E-state index in [0.29, 0.717) is 66.5 Å². The molecule has 7 aromatic rings. The van der Waals surface area contributed by atoms with Gasteiger partial charge in [0, 0.05) is 87.2 Å². The average Bonchev–Trinajstić information content (AvgIpc) is 3.87. The van der Waals surface area contributed by atoms with Gasteiger partial charge in [-0.2, -0.15) is 0 Å². The molecule has 0 saturated heterocycles. The number of aromatic nitrogens is 8. The topological polar surface area (TPSA) is 301 Å². The van der Waals surface area contributed by atoms with E-state index < -0.39 is 0 Å². The van der Waals surface area contributed by atoms with Gasteiger partial charge in [-0.3, -0.25) is 0 Å². The van der Waals surface area contributed by atoms with E-state index in [1.807, 2.05) is 0 Å². The molecule has 0 aliphatic carbocycles. The van der Waals surface area contributed by atoms with Crippen LogP contribution in [-0.4, -0.2) is 29.9 Å². The van der Waals surface area contributed by atoms with Crippen molar-refractivity contribution in [2.45, 2.75) is 0 Å². The Morgan fingerprint density at radius 3 is 1.08 bits per heavy atom. The maximum absolute atomic E-state index is 9.14. The Morgan fingerprint density at radius 2 is 0.698 bits per heavy atom. The minimum absolute atomic E-state index is 0. The molecule has 0 unspecified atom stereocenters. The van der Waals surface area contributed by atoms with Crippen molar-refractivity contribution < 1.29 is 19.5 Å². The van der Waals surface area contributed by atoms with Gasteiger partial charge in [-0.1, -0.05) is 69.0 Å². The Labute approximate surface area is 305 Å². The predicted molar refractivity (Wildman–Crippen MR) is 189 cm³/mol. The summed E-state index contributed by atoms with van der Waals surface area (Å²) in [5.74, 6) is 0.943. The number of hydrogen-bond acceptors (Lipinski definition) is 10. The van der Waals surface area contributed by atoms with Gasteiger partial charge >= 0.3 is 19.5 Å². The standard InChI is InChI=1S/C32H12N20.Zn/c33-49-45-13-1-5-17-21(9-13)29-37-25(17)41-30-22-10-14(46-50-34)2-6-18(22)27(38-30)43-32-24-12-16(48-52-36)4-8-20(24)28(40-32)44-31-23-11-15(47-51-35)3-7-19(23)26(39-31)42-29;/h1-12H;/q-2;+2. The number of benzene rings is 4. The molecule has 242 valence electrons. The zero-order chi connectivity index (χ0) is 35.3. The molecule has 2 aliphatic heterocycles. The fraction of sp³-hybridized carbons (Fsp3) is 0. The van der Waals surface area contributed by atoms with E-state index in [0.717, 1.165) is 0 Å². The van der Waals surface area contributed by atoms with Crippen LogP contribution in [0.3, 0.4) is 0 Å². The Kier molecular flexibility index (Phi) is 7.79. The summed E-state index contributed by atoms with van der Waals surface area (Å²) in [4.78, 5) is 50.2. The molecule has 21 heteroatoms. The molecule has 0 atom stereocenters. The molecule has 0 spiro atoms. The number of fused-ring (bicyclic) bond motifs is 20. The minimum Gasteiger partial charge on any atom is -0.357 e. The second kappa shape index (κ2) is 12.8. The van der Waals surface area contributed by atoms with Crippen molar-refractivity contribution in [1.29, 1.82) is 0 Å². The SMILES string of the molecule is [N-]=[N+]=Nc1ccc2c(c1)-c1nc-2nc2[n-]c(nc3nc(nc4[n-]c(n1)c1ccc(N=[N+]=[N-])cc41)-c1ccc(N=[N+]=[N-])cc1-3)c1ccc(N=[N+]=[N-])cc21.[Zn+2]. The van der Waals surface area contributed by atoms with Gasteiger partial charge in [-0.15, -0.1) is 0 Å². The molecule has 0 amide bonds. The Bertz CT molecular complexity index is 2910. The van der Waals surface area contributed by atoms with Crippen LogP contribution in [0.25, 0.3) is 131 Å². The van der Waals surface area contributed by atoms with Crippen molar-refractivity contribution in [3.05, 3.63) is 115 Å². The molecular formula is C32H12N20Zn. The van der Waals surface area contributed by atoms with Gasteiger partial charge in [0.05, 0.1) is 23.3 Å². The van der Waals surface area contributed by atoms with Crippen molar-refractivity contribution in [3.63, 3.8) is 0 Å². The molecular weight excluding hydrogens is 730 g/mol. The smallest absolute Gasteiger partial charge is 0.357 e. The predicted octanol–water partition coefficient (Wildman–Crippen LogP) is 9.89. The van der Waals surface area contributed by atoms with Crippen molar-refractivity contribution in [2.75, 3.05) is 0 Å². The van der Waals surface area contributed by atoms with E-state index in [1.165, 1.54) is 0 Å². The van der Waals surface area contributed by atoms with Gasteiger partial charge in [-0.05, 0) is 67.9 Å². The minimum atomic E-state index is 0. The third-order valence-electron chi connectivity index (χ3n) is 8.28. The van der Waals surface area contributed by atoms with E-state index in [1.54, 1.807) is 72.8 Å². The normalized spacial score (nSPS) is 10.9. The van der Waals surface area contributed by atoms with Gasteiger partial charge in [0.15, 0.2) is 0 Å². The van der Waals surface area contributed by atoms with Crippen LogP contribution >= 0.6 is 0 Å². The van der Waals surface area contributed by atoms with E-state index in [-0.39, 0.29) is 65.4 Å². The number of hydrogen-bond donors (Lipinski definition) is 0. The molecule has 5 heterocycles. The van der Waals surface area contributed by atoms with Crippen molar-refractivity contribution in [1.82, 2.24) is 39.9 Å². The van der Waals surface area contributed by atoms with Gasteiger partial charge < -0.3 is 29.9 Å². The van der Waals surface area contributed by atoms with Crippen molar-refractivity contribution in [3.8, 4) is 45.6 Å². The third kappa shape index (κ3) is 5.42. The van der Waals surface area contributed by atoms with Crippen LogP contribution in [0, 0.1) is 0 Å². The maximum Gasteiger partial charge on any atom is 2.00 e. The summed E-state index contributed by atoms with van der Waals surface area (Å²) in [7, 11) is 0. The summed E-state index contributed by atoms with van der Waals surface area (Å²) in [5, 5.41) is 17.2. The van der Waals surface area contributed by atoms with E-state index in [4.69, 9.17) is 62.0 Å². The molecule has 3 aromatic heterocycles. The monoisotopic (exact) mass is 740 g/mol. The first-order chi connectivity index (χ1) is 25.5. The van der Waals surface area contributed by atoms with Gasteiger partial charge in [0.25, 0.3) is 0 Å². The number of nitrogens with zero attached hydrogens (tertiary/aromatic N) is 20. The largest absolute Gasteiger partial charge is 2.00 e. The Morgan fingerprint density at radius 1 is 0.377 bits per heavy atom. The summed E-state index contributed by atoms with van der Waals surface area (Å²) in [5.41, 5.74) is 41.0. The maximum atomic E-state index is 9.14. The van der Waals surface area contributed by atoms with Crippen LogP contribution < -0.4 is 9.97 Å². The van der Waals surface area contributed by atoms with Crippen molar-refractivity contribution >= 4 is 66.9 Å². The van der Waals surface area contributed by atoms with Crippen LogP contribution in [0.4, 0.5) is 22.7 Å². The second-order valence-electron chi connectivity index (χ2n) is 11.2. The van der Waals surface area contributed by atoms with Crippen LogP contribution in [0.5, 0.6) is 0 Å². The molecule has 8 bridgehead atoms. The summed E-state index contributed by atoms with van der Waals surface area (Å²) >= 11 is 0. The average molecular weight is 742 g/mol. The molecule has 9 rings (SSSR count). The second-order valence-corrected chi connectivity index (χ2v) is 11.2. The van der Waals surface area contributed by atoms with E-state index in [9.17, 15) is 0 Å². The molecule has 53 heavy (non-hydrogen) atoms. The summed E-state index contributed by atoms with van der Waals surface area (Å²) in [6.07, 6.45) is 0. The van der Waals surface area contributed by atoms with Crippen LogP contribution in [0.2, 0.25) is 0 Å². The Balaban J connectivity index is 0.00000400. The fourth-order valence-corrected chi connectivity index (χ4v) is 6.07. The molecule has 0 fully saturated rings. The van der Waals surface area contributed by atoms with Gasteiger partial charge in [-0.25, -0.2) is 9.97 Å². The van der Waals surface area contributed by atoms with Gasteiger partial charge in [0.2, 0.25) is 0 Å². The first kappa shape index (κ1) is 32.3. The quantitative estimate of drug-likeness (QED) is 0.0720. The molecule has 20 nitrogen and oxygen atoms in total. The molecule has 0 N–H and O–H groups in total. The van der Waals surface area contributed by atoms with Crippen molar-refractivity contribution in [2.24, 2.45) is 20.5 Å². The van der Waals surface area contributed by atoms with Crippen LogP contribution in [0.15, 0.2) is 93.3 Å². The summed E-state index contributed by atoms with van der Waals surface area (Å²) in [6.45, 7) is 0. The molecule has 4 aromatic carbocycles. The number of azide groups is 4. The van der Waals surface area contributed by atoms with Gasteiger partial charge in [0.1, 0.15) is 0 Å². The molecule has 0 saturated carbocycles. The van der Waals surface area contributed by atoms with E-state index in [2.05, 4.69) is 40.1 Å². The van der Waals surface area contributed by atoms with Crippen LogP contribution in [0.1, 0.15) is 0 Å². The summed E-state index contributed by atoms with van der Waals surface area (Å²) < 4.78 is 0. The first-order valence-electron chi connectivity index (χ1n) is 15.0. The zero-order valence-corrected chi connectivity index (χ0v) is 29.5. The Hall–Kier alpha value is -7.90. The van der Waals surface area contributed by atoms with Crippen LogP contribution in [-0.2, 0) is 19.5 Å². The summed E-state index contributed by atoms with van der Waals surface area (Å²) in [6, 6.07) is 20.0. The third-order valence-corrected chi connectivity index (χ3v) is 8.28. The zero-order valence-electron chi connectivity index (χ0n) is 26.6. The first-order valence-corrected chi connectivity index (χ1v) is 15.0. The molecule has 0 radical (unpaired) electrons. The number of rotatable bonds is 4. The van der Waals surface area contributed by atoms with E-state index >= 15 is 0 Å². The fourth-order valence-electron chi connectivity index (χ4n) is 6.07. The molecule has 2 aliphatic rings.